The first-order valence-corrected chi connectivity index (χ1v) is 5.96. The van der Waals surface area contributed by atoms with Crippen molar-refractivity contribution in [3.05, 3.63) is 29.8 Å². The zero-order valence-electron chi connectivity index (χ0n) is 9.13. The van der Waals surface area contributed by atoms with Gasteiger partial charge in [-0.15, -0.1) is 11.8 Å². The van der Waals surface area contributed by atoms with Crippen LogP contribution < -0.4 is 5.32 Å². The third-order valence-electron chi connectivity index (χ3n) is 1.74. The van der Waals surface area contributed by atoms with Crippen LogP contribution in [0.1, 0.15) is 6.92 Å². The van der Waals surface area contributed by atoms with Crippen molar-refractivity contribution in [1.29, 1.82) is 0 Å². The Morgan fingerprint density at radius 1 is 1.29 bits per heavy atom. The summed E-state index contributed by atoms with van der Waals surface area (Å²) in [4.78, 5) is 21.9. The second-order valence-corrected chi connectivity index (χ2v) is 4.35. The Kier molecular flexibility index (Phi) is 5.09. The zero-order chi connectivity index (χ0) is 12.8. The third kappa shape index (κ3) is 4.95. The summed E-state index contributed by atoms with van der Waals surface area (Å²) in [7, 11) is 0. The summed E-state index contributed by atoms with van der Waals surface area (Å²) in [6.07, 6.45) is 0. The second-order valence-electron chi connectivity index (χ2n) is 3.37. The fraction of sp³-hybridized carbons (Fsp3) is 0.273. The van der Waals surface area contributed by atoms with Gasteiger partial charge in [-0.2, -0.15) is 0 Å². The Bertz CT molecular complexity index is 437. The van der Waals surface area contributed by atoms with Gasteiger partial charge in [-0.1, -0.05) is 0 Å². The normalized spacial score (nSPS) is 10.1. The van der Waals surface area contributed by atoms with Crippen LogP contribution in [-0.4, -0.2) is 23.2 Å². The number of benzene rings is 1. The summed E-state index contributed by atoms with van der Waals surface area (Å²) < 4.78 is 25.7. The maximum atomic E-state index is 13.1. The van der Waals surface area contributed by atoms with E-state index in [1.54, 1.807) is 0 Å². The number of nitrogens with one attached hydrogen (secondary N) is 1. The van der Waals surface area contributed by atoms with Crippen molar-refractivity contribution in [2.24, 2.45) is 0 Å². The Morgan fingerprint density at radius 3 is 2.59 bits per heavy atom. The summed E-state index contributed by atoms with van der Waals surface area (Å²) in [6.45, 7) is 1.42. The maximum absolute atomic E-state index is 13.1. The number of Topliss-reactive ketones (excluding diaryl/α,β-unsaturated/α-hetero) is 1. The molecule has 0 aliphatic carbocycles. The number of anilines is 1. The molecule has 0 aromatic heterocycles. The van der Waals surface area contributed by atoms with Crippen molar-refractivity contribution in [3.8, 4) is 0 Å². The van der Waals surface area contributed by atoms with E-state index in [0.29, 0.717) is 6.07 Å². The number of hydrogen-bond donors (Lipinski definition) is 1. The van der Waals surface area contributed by atoms with Crippen molar-refractivity contribution in [2.45, 2.75) is 6.92 Å². The molecule has 1 N–H and O–H groups in total. The maximum Gasteiger partial charge on any atom is 0.234 e. The summed E-state index contributed by atoms with van der Waals surface area (Å²) in [6, 6.07) is 2.90. The molecule has 6 heteroatoms. The Balaban J connectivity index is 2.48. The molecule has 0 heterocycles. The quantitative estimate of drug-likeness (QED) is 0.882. The standard InChI is InChI=1S/C11H11F2NO2S/c1-7(15)5-17-6-11(16)14-10-3-2-8(12)4-9(10)13/h2-4H,5-6H2,1H3,(H,14,16). The average molecular weight is 259 g/mol. The first-order chi connectivity index (χ1) is 7.99. The highest BCUT2D eigenvalue weighted by atomic mass is 32.2. The van der Waals surface area contributed by atoms with Crippen molar-refractivity contribution < 1.29 is 18.4 Å². The van der Waals surface area contributed by atoms with Crippen LogP contribution in [0.15, 0.2) is 18.2 Å². The van der Waals surface area contributed by atoms with Crippen LogP contribution in [0, 0.1) is 11.6 Å². The van der Waals surface area contributed by atoms with Crippen LogP contribution in [0.3, 0.4) is 0 Å². The summed E-state index contributed by atoms with van der Waals surface area (Å²) >= 11 is 1.14. The van der Waals surface area contributed by atoms with Gasteiger partial charge >= 0.3 is 0 Å². The predicted octanol–water partition coefficient (Wildman–Crippen LogP) is 2.23. The molecule has 3 nitrogen and oxygen atoms in total. The van der Waals surface area contributed by atoms with Crippen LogP contribution in [0.25, 0.3) is 0 Å². The minimum Gasteiger partial charge on any atom is -0.323 e. The van der Waals surface area contributed by atoms with Gasteiger partial charge in [0.15, 0.2) is 0 Å². The summed E-state index contributed by atoms with van der Waals surface area (Å²) in [5.74, 6) is -1.70. The van der Waals surface area contributed by atoms with E-state index in [2.05, 4.69) is 5.32 Å². The van der Waals surface area contributed by atoms with Crippen LogP contribution >= 0.6 is 11.8 Å². The molecule has 1 aromatic carbocycles. The number of carbonyl (C=O) groups excluding carboxylic acids is 2. The number of ketones is 1. The van der Waals surface area contributed by atoms with E-state index in [1.807, 2.05) is 0 Å². The van der Waals surface area contributed by atoms with Crippen molar-refractivity contribution in [2.75, 3.05) is 16.8 Å². The predicted molar refractivity (Wildman–Crippen MR) is 63.0 cm³/mol. The molecule has 92 valence electrons. The van der Waals surface area contributed by atoms with Gasteiger partial charge in [-0.05, 0) is 19.1 Å². The molecule has 0 atom stereocenters. The highest BCUT2D eigenvalue weighted by molar-refractivity contribution is 8.00. The number of thioether (sulfide) groups is 1. The molecule has 17 heavy (non-hydrogen) atoms. The highest BCUT2D eigenvalue weighted by Gasteiger charge is 2.08. The van der Waals surface area contributed by atoms with Gasteiger partial charge in [0.2, 0.25) is 5.91 Å². The van der Waals surface area contributed by atoms with Gasteiger partial charge < -0.3 is 5.32 Å². The van der Waals surface area contributed by atoms with E-state index in [4.69, 9.17) is 0 Å². The molecule has 0 aliphatic heterocycles. The fourth-order valence-electron chi connectivity index (χ4n) is 1.06. The SMILES string of the molecule is CC(=O)CSCC(=O)Nc1ccc(F)cc1F. The number of halogens is 2. The Morgan fingerprint density at radius 2 is 2.00 bits per heavy atom. The topological polar surface area (TPSA) is 46.2 Å². The molecular weight excluding hydrogens is 248 g/mol. The second kappa shape index (κ2) is 6.34. The Labute approximate surface area is 102 Å². The van der Waals surface area contributed by atoms with Crippen molar-refractivity contribution in [1.82, 2.24) is 0 Å². The first kappa shape index (κ1) is 13.6. The summed E-state index contributed by atoms with van der Waals surface area (Å²) in [5.41, 5.74) is -0.0696. The molecule has 0 bridgehead atoms. The Hall–Kier alpha value is -1.43. The number of amides is 1. The first-order valence-electron chi connectivity index (χ1n) is 4.81. The lowest BCUT2D eigenvalue weighted by atomic mass is 10.3. The van der Waals surface area contributed by atoms with Crippen LogP contribution in [0.5, 0.6) is 0 Å². The molecule has 0 radical (unpaired) electrons. The number of hydrogen-bond acceptors (Lipinski definition) is 3. The van der Waals surface area contributed by atoms with Crippen molar-refractivity contribution >= 4 is 29.1 Å². The zero-order valence-corrected chi connectivity index (χ0v) is 9.94. The molecule has 0 saturated carbocycles. The van der Waals surface area contributed by atoms with Gasteiger partial charge in [-0.25, -0.2) is 8.78 Å². The van der Waals surface area contributed by atoms with Gasteiger partial charge in [0.1, 0.15) is 17.4 Å². The van der Waals surface area contributed by atoms with E-state index in [-0.39, 0.29) is 23.0 Å². The van der Waals surface area contributed by atoms with Gasteiger partial charge in [0.25, 0.3) is 0 Å². The number of rotatable bonds is 5. The van der Waals surface area contributed by atoms with Gasteiger partial charge in [0, 0.05) is 6.07 Å². The largest absolute Gasteiger partial charge is 0.323 e. The van der Waals surface area contributed by atoms with Crippen LogP contribution in [-0.2, 0) is 9.59 Å². The molecule has 0 spiro atoms. The van der Waals surface area contributed by atoms with E-state index in [9.17, 15) is 18.4 Å². The lowest BCUT2D eigenvalue weighted by molar-refractivity contribution is -0.114. The molecule has 0 aliphatic rings. The highest BCUT2D eigenvalue weighted by Crippen LogP contribution is 2.15. The van der Waals surface area contributed by atoms with E-state index in [1.165, 1.54) is 6.92 Å². The lowest BCUT2D eigenvalue weighted by Gasteiger charge is -2.05. The van der Waals surface area contributed by atoms with E-state index in [0.717, 1.165) is 23.9 Å². The average Bonchev–Trinajstić information content (AvgIpc) is 2.21. The third-order valence-corrected chi connectivity index (χ3v) is 2.82. The number of carbonyl (C=O) groups is 2. The molecule has 1 aromatic rings. The molecule has 1 amide bonds. The molecular formula is C11H11F2NO2S. The minimum absolute atomic E-state index is 0.0317. The van der Waals surface area contributed by atoms with E-state index < -0.39 is 17.5 Å². The molecule has 0 unspecified atom stereocenters. The molecule has 0 fully saturated rings. The minimum atomic E-state index is -0.824. The lowest BCUT2D eigenvalue weighted by Crippen LogP contribution is -2.16. The fourth-order valence-corrected chi connectivity index (χ4v) is 1.71. The van der Waals surface area contributed by atoms with Crippen LogP contribution in [0.4, 0.5) is 14.5 Å². The molecule has 1 rings (SSSR count). The smallest absolute Gasteiger partial charge is 0.234 e. The monoisotopic (exact) mass is 259 g/mol. The molecule has 0 saturated heterocycles. The van der Waals surface area contributed by atoms with Crippen molar-refractivity contribution in [3.63, 3.8) is 0 Å². The van der Waals surface area contributed by atoms with Gasteiger partial charge in [-0.3, -0.25) is 9.59 Å². The van der Waals surface area contributed by atoms with Gasteiger partial charge in [0.05, 0.1) is 17.2 Å². The summed E-state index contributed by atoms with van der Waals surface area (Å²) in [5, 5.41) is 2.30. The van der Waals surface area contributed by atoms with Crippen LogP contribution in [0.2, 0.25) is 0 Å². The van der Waals surface area contributed by atoms with E-state index >= 15 is 0 Å².